The number of amides is 1. The lowest BCUT2D eigenvalue weighted by molar-refractivity contribution is -0.135. The van der Waals surface area contributed by atoms with Crippen LogP contribution in [0.15, 0.2) is 12.1 Å². The lowest BCUT2D eigenvalue weighted by Gasteiger charge is -2.40. The lowest BCUT2D eigenvalue weighted by atomic mass is 9.98. The predicted molar refractivity (Wildman–Crippen MR) is 75.5 cm³/mol. The smallest absolute Gasteiger partial charge is 0.229 e. The second-order valence-corrected chi connectivity index (χ2v) is 6.22. The Morgan fingerprint density at radius 1 is 1.10 bits per heavy atom. The standard InChI is InChI=1S/C15H20N4O/c20-15(18-7-1-2-8-18)12-9-19(10-12)14-6-5-13(16-17-14)11-3-4-11/h5-6,11-12H,1-4,7-10H2. The zero-order chi connectivity index (χ0) is 13.5. The molecule has 1 aliphatic carbocycles. The summed E-state index contributed by atoms with van der Waals surface area (Å²) in [5, 5.41) is 8.61. The van der Waals surface area contributed by atoms with Gasteiger partial charge < -0.3 is 9.80 Å². The molecule has 1 amide bonds. The molecule has 4 rings (SSSR count). The number of nitrogens with zero attached hydrogens (tertiary/aromatic N) is 4. The van der Waals surface area contributed by atoms with E-state index in [1.165, 1.54) is 12.8 Å². The van der Waals surface area contributed by atoms with Gasteiger partial charge in [-0.15, -0.1) is 5.10 Å². The number of hydrogen-bond acceptors (Lipinski definition) is 4. The molecule has 2 saturated heterocycles. The predicted octanol–water partition coefficient (Wildman–Crippen LogP) is 1.41. The first-order valence-corrected chi connectivity index (χ1v) is 7.68. The second kappa shape index (κ2) is 4.72. The fourth-order valence-electron chi connectivity index (χ4n) is 3.12. The Hall–Kier alpha value is -1.65. The van der Waals surface area contributed by atoms with Crippen molar-refractivity contribution in [1.29, 1.82) is 0 Å². The molecule has 0 aromatic carbocycles. The summed E-state index contributed by atoms with van der Waals surface area (Å²) in [6, 6.07) is 4.15. The Morgan fingerprint density at radius 2 is 1.85 bits per heavy atom. The molecule has 0 bridgehead atoms. The molecular weight excluding hydrogens is 252 g/mol. The van der Waals surface area contributed by atoms with Gasteiger partial charge in [-0.05, 0) is 37.8 Å². The van der Waals surface area contributed by atoms with Crippen LogP contribution in [0.3, 0.4) is 0 Å². The van der Waals surface area contributed by atoms with Gasteiger partial charge in [0, 0.05) is 32.1 Å². The van der Waals surface area contributed by atoms with Crippen LogP contribution in [0.1, 0.15) is 37.3 Å². The quantitative estimate of drug-likeness (QED) is 0.835. The highest BCUT2D eigenvalue weighted by molar-refractivity contribution is 5.82. The van der Waals surface area contributed by atoms with Gasteiger partial charge in [0.05, 0.1) is 11.6 Å². The van der Waals surface area contributed by atoms with Crippen LogP contribution in [0.4, 0.5) is 5.82 Å². The van der Waals surface area contributed by atoms with E-state index in [0.29, 0.717) is 11.8 Å². The van der Waals surface area contributed by atoms with Crippen LogP contribution in [0.25, 0.3) is 0 Å². The first-order chi connectivity index (χ1) is 9.81. The number of rotatable bonds is 3. The van der Waals surface area contributed by atoms with Crippen LogP contribution in [0.5, 0.6) is 0 Å². The van der Waals surface area contributed by atoms with Gasteiger partial charge in [-0.2, -0.15) is 5.10 Å². The van der Waals surface area contributed by atoms with Crippen LogP contribution in [0.2, 0.25) is 0 Å². The molecule has 2 aliphatic heterocycles. The van der Waals surface area contributed by atoms with Crippen molar-refractivity contribution in [3.05, 3.63) is 17.8 Å². The summed E-state index contributed by atoms with van der Waals surface area (Å²) in [4.78, 5) is 16.4. The summed E-state index contributed by atoms with van der Waals surface area (Å²) >= 11 is 0. The maximum atomic E-state index is 12.2. The number of carbonyl (C=O) groups is 1. The Bertz CT molecular complexity index is 499. The molecule has 1 aromatic rings. The van der Waals surface area contributed by atoms with Gasteiger partial charge in [0.1, 0.15) is 0 Å². The Kier molecular flexibility index (Phi) is 2.86. The van der Waals surface area contributed by atoms with Gasteiger partial charge in [-0.25, -0.2) is 0 Å². The molecule has 3 heterocycles. The van der Waals surface area contributed by atoms with Gasteiger partial charge in [0.15, 0.2) is 5.82 Å². The van der Waals surface area contributed by atoms with Crippen molar-refractivity contribution in [2.75, 3.05) is 31.1 Å². The van der Waals surface area contributed by atoms with E-state index >= 15 is 0 Å². The van der Waals surface area contributed by atoms with E-state index < -0.39 is 0 Å². The van der Waals surface area contributed by atoms with Crippen molar-refractivity contribution < 1.29 is 4.79 Å². The van der Waals surface area contributed by atoms with Gasteiger partial charge in [-0.3, -0.25) is 4.79 Å². The summed E-state index contributed by atoms with van der Waals surface area (Å²) in [5.74, 6) is 2.07. The van der Waals surface area contributed by atoms with Gasteiger partial charge in [-0.1, -0.05) is 0 Å². The lowest BCUT2D eigenvalue weighted by Crippen LogP contribution is -2.54. The molecule has 5 heteroatoms. The van der Waals surface area contributed by atoms with Crippen molar-refractivity contribution in [3.63, 3.8) is 0 Å². The van der Waals surface area contributed by atoms with Crippen molar-refractivity contribution in [1.82, 2.24) is 15.1 Å². The highest BCUT2D eigenvalue weighted by atomic mass is 16.2. The third-order valence-electron chi connectivity index (χ3n) is 4.64. The van der Waals surface area contributed by atoms with Crippen molar-refractivity contribution in [3.8, 4) is 0 Å². The normalized spacial score (nSPS) is 23.0. The van der Waals surface area contributed by atoms with E-state index in [1.54, 1.807) is 0 Å². The summed E-state index contributed by atoms with van der Waals surface area (Å²) in [7, 11) is 0. The molecular formula is C15H20N4O. The summed E-state index contributed by atoms with van der Waals surface area (Å²) in [5.41, 5.74) is 1.12. The third kappa shape index (κ3) is 2.15. The number of aromatic nitrogens is 2. The van der Waals surface area contributed by atoms with Crippen LogP contribution in [-0.4, -0.2) is 47.2 Å². The average molecular weight is 272 g/mol. The number of likely N-dealkylation sites (tertiary alicyclic amines) is 1. The summed E-state index contributed by atoms with van der Waals surface area (Å²) in [6.07, 6.45) is 4.83. The molecule has 3 fully saturated rings. The minimum atomic E-state index is 0.165. The molecule has 1 saturated carbocycles. The van der Waals surface area contributed by atoms with Crippen LogP contribution in [-0.2, 0) is 4.79 Å². The first kappa shape index (κ1) is 12.1. The molecule has 3 aliphatic rings. The van der Waals surface area contributed by atoms with Crippen LogP contribution < -0.4 is 4.90 Å². The molecule has 106 valence electrons. The molecule has 0 radical (unpaired) electrons. The minimum absolute atomic E-state index is 0.165. The topological polar surface area (TPSA) is 49.3 Å². The van der Waals surface area contributed by atoms with Gasteiger partial charge in [0.2, 0.25) is 5.91 Å². The fraction of sp³-hybridized carbons (Fsp3) is 0.667. The maximum absolute atomic E-state index is 12.2. The molecule has 1 aromatic heterocycles. The average Bonchev–Trinajstić information content (AvgIpc) is 3.12. The molecule has 5 nitrogen and oxygen atoms in total. The SMILES string of the molecule is O=C(C1CN(c2ccc(C3CC3)nn2)C1)N1CCCC1. The van der Waals surface area contributed by atoms with Crippen molar-refractivity contribution in [2.45, 2.75) is 31.6 Å². The zero-order valence-electron chi connectivity index (χ0n) is 11.7. The Morgan fingerprint density at radius 3 is 2.45 bits per heavy atom. The van der Waals surface area contributed by atoms with E-state index in [1.807, 2.05) is 4.90 Å². The van der Waals surface area contributed by atoms with Gasteiger partial charge in [0.25, 0.3) is 0 Å². The highest BCUT2D eigenvalue weighted by Gasteiger charge is 2.37. The number of carbonyl (C=O) groups excluding carboxylic acids is 1. The molecule has 0 unspecified atom stereocenters. The largest absolute Gasteiger partial charge is 0.353 e. The molecule has 0 spiro atoms. The van der Waals surface area contributed by atoms with E-state index in [9.17, 15) is 4.79 Å². The second-order valence-electron chi connectivity index (χ2n) is 6.22. The first-order valence-electron chi connectivity index (χ1n) is 7.68. The van der Waals surface area contributed by atoms with E-state index in [4.69, 9.17) is 0 Å². The van der Waals surface area contributed by atoms with Gasteiger partial charge >= 0.3 is 0 Å². The highest BCUT2D eigenvalue weighted by Crippen LogP contribution is 2.39. The van der Waals surface area contributed by atoms with Crippen molar-refractivity contribution in [2.24, 2.45) is 5.92 Å². The summed E-state index contributed by atoms with van der Waals surface area (Å²) < 4.78 is 0. The van der Waals surface area contributed by atoms with Crippen molar-refractivity contribution >= 4 is 11.7 Å². The van der Waals surface area contributed by atoms with E-state index in [0.717, 1.165) is 50.5 Å². The van der Waals surface area contributed by atoms with Crippen LogP contribution in [0, 0.1) is 5.92 Å². The maximum Gasteiger partial charge on any atom is 0.229 e. The van der Waals surface area contributed by atoms with Crippen LogP contribution >= 0.6 is 0 Å². The van der Waals surface area contributed by atoms with E-state index in [2.05, 4.69) is 27.2 Å². The Labute approximate surface area is 119 Å². The zero-order valence-corrected chi connectivity index (χ0v) is 11.7. The number of hydrogen-bond donors (Lipinski definition) is 0. The third-order valence-corrected chi connectivity index (χ3v) is 4.64. The minimum Gasteiger partial charge on any atom is -0.353 e. The summed E-state index contributed by atoms with van der Waals surface area (Å²) in [6.45, 7) is 3.50. The molecule has 20 heavy (non-hydrogen) atoms. The monoisotopic (exact) mass is 272 g/mol. The molecule has 0 atom stereocenters. The van der Waals surface area contributed by atoms with E-state index in [-0.39, 0.29) is 5.92 Å². The fourth-order valence-corrected chi connectivity index (χ4v) is 3.12. The molecule has 0 N–H and O–H groups in total. The Balaban J connectivity index is 1.34. The number of anilines is 1.